The minimum atomic E-state index is -4.59. The summed E-state index contributed by atoms with van der Waals surface area (Å²) in [7, 11) is 0. The molecule has 0 aliphatic carbocycles. The first-order valence-corrected chi connectivity index (χ1v) is 9.05. The van der Waals surface area contributed by atoms with Crippen molar-refractivity contribution in [2.45, 2.75) is 12.1 Å². The predicted molar refractivity (Wildman–Crippen MR) is 101 cm³/mol. The average Bonchev–Trinajstić information content (AvgIpc) is 2.71. The molecule has 3 rings (SSSR count). The van der Waals surface area contributed by atoms with E-state index < -0.39 is 35.3 Å². The monoisotopic (exact) mass is 440 g/mol. The van der Waals surface area contributed by atoms with Gasteiger partial charge in [0, 0.05) is 18.7 Å². The number of amides is 1. The van der Waals surface area contributed by atoms with Gasteiger partial charge in [-0.05, 0) is 41.5 Å². The summed E-state index contributed by atoms with van der Waals surface area (Å²) in [6.07, 6.45) is -3.54. The van der Waals surface area contributed by atoms with Gasteiger partial charge in [0.15, 0.2) is 0 Å². The third kappa shape index (κ3) is 4.94. The minimum Gasteiger partial charge on any atom is -0.351 e. The standard InChI is InChI=1S/C21H14ClF5N2O/c22-19-15(2-1-3-17(19)24)20(30)29-11-16(12-4-7-14(23)8-5-12)13-6-9-18(28-10-13)21(25,26)27/h1-10,16H,11H2,(H,29,30). The molecule has 0 fully saturated rings. The quantitative estimate of drug-likeness (QED) is 0.525. The molecular weight excluding hydrogens is 427 g/mol. The number of nitrogens with one attached hydrogen (secondary N) is 1. The molecule has 9 heteroatoms. The predicted octanol–water partition coefficient (Wildman–Crippen LogP) is 5.59. The Hall–Kier alpha value is -3.00. The highest BCUT2D eigenvalue weighted by atomic mass is 35.5. The number of hydrogen-bond acceptors (Lipinski definition) is 2. The third-order valence-electron chi connectivity index (χ3n) is 4.41. The molecule has 0 saturated heterocycles. The zero-order valence-electron chi connectivity index (χ0n) is 15.2. The first kappa shape index (κ1) is 21.7. The van der Waals surface area contributed by atoms with Crippen molar-refractivity contribution in [3.8, 4) is 0 Å². The van der Waals surface area contributed by atoms with Gasteiger partial charge in [0.25, 0.3) is 5.91 Å². The number of rotatable bonds is 5. The Morgan fingerprint density at radius 1 is 1.00 bits per heavy atom. The zero-order chi connectivity index (χ0) is 21.9. The second-order valence-electron chi connectivity index (χ2n) is 6.39. The molecular formula is C21H14ClF5N2O. The summed E-state index contributed by atoms with van der Waals surface area (Å²) < 4.78 is 65.3. The maximum Gasteiger partial charge on any atom is 0.433 e. The lowest BCUT2D eigenvalue weighted by Gasteiger charge is -2.19. The van der Waals surface area contributed by atoms with Crippen LogP contribution >= 0.6 is 11.6 Å². The number of aromatic nitrogens is 1. The van der Waals surface area contributed by atoms with E-state index in [0.29, 0.717) is 11.1 Å². The van der Waals surface area contributed by atoms with E-state index in [9.17, 15) is 26.7 Å². The molecule has 1 aromatic heterocycles. The Kier molecular flexibility index (Phi) is 6.36. The van der Waals surface area contributed by atoms with E-state index in [4.69, 9.17) is 11.6 Å². The first-order chi connectivity index (χ1) is 14.2. The van der Waals surface area contributed by atoms with Crippen LogP contribution in [0, 0.1) is 11.6 Å². The van der Waals surface area contributed by atoms with Crippen LogP contribution in [0.2, 0.25) is 5.02 Å². The first-order valence-electron chi connectivity index (χ1n) is 8.67. The van der Waals surface area contributed by atoms with Crippen LogP contribution in [0.3, 0.4) is 0 Å². The summed E-state index contributed by atoms with van der Waals surface area (Å²) in [5.74, 6) is -2.53. The van der Waals surface area contributed by atoms with E-state index in [2.05, 4.69) is 10.3 Å². The number of carbonyl (C=O) groups excluding carboxylic acids is 1. The van der Waals surface area contributed by atoms with E-state index in [1.54, 1.807) is 0 Å². The molecule has 1 N–H and O–H groups in total. The van der Waals surface area contributed by atoms with Crippen molar-refractivity contribution < 1.29 is 26.7 Å². The number of nitrogens with zero attached hydrogens (tertiary/aromatic N) is 1. The molecule has 3 nitrogen and oxygen atoms in total. The maximum atomic E-state index is 13.6. The summed E-state index contributed by atoms with van der Waals surface area (Å²) >= 11 is 5.82. The van der Waals surface area contributed by atoms with Crippen molar-refractivity contribution in [3.05, 3.63) is 99.8 Å². The fourth-order valence-electron chi connectivity index (χ4n) is 2.87. The summed E-state index contributed by atoms with van der Waals surface area (Å²) in [6.45, 7) is -0.0651. The van der Waals surface area contributed by atoms with Gasteiger partial charge in [0.1, 0.15) is 17.3 Å². The fraction of sp³-hybridized carbons (Fsp3) is 0.143. The van der Waals surface area contributed by atoms with Crippen molar-refractivity contribution >= 4 is 17.5 Å². The van der Waals surface area contributed by atoms with E-state index >= 15 is 0 Å². The smallest absolute Gasteiger partial charge is 0.351 e. The average molecular weight is 441 g/mol. The lowest BCUT2D eigenvalue weighted by atomic mass is 9.92. The zero-order valence-corrected chi connectivity index (χ0v) is 15.9. The molecule has 0 bridgehead atoms. The molecule has 0 spiro atoms. The number of benzene rings is 2. The molecule has 3 aromatic rings. The highest BCUT2D eigenvalue weighted by Crippen LogP contribution is 2.30. The third-order valence-corrected chi connectivity index (χ3v) is 4.80. The Labute approximate surface area is 173 Å². The van der Waals surface area contributed by atoms with Gasteiger partial charge in [-0.1, -0.05) is 35.9 Å². The summed E-state index contributed by atoms with van der Waals surface area (Å²) in [5.41, 5.74) is -0.219. The van der Waals surface area contributed by atoms with Gasteiger partial charge < -0.3 is 5.32 Å². The lowest BCUT2D eigenvalue weighted by Crippen LogP contribution is -2.29. The molecule has 156 valence electrons. The van der Waals surface area contributed by atoms with E-state index in [-0.39, 0.29) is 17.1 Å². The molecule has 0 radical (unpaired) electrons. The van der Waals surface area contributed by atoms with Gasteiger partial charge in [-0.15, -0.1) is 0 Å². The SMILES string of the molecule is O=C(NCC(c1ccc(F)cc1)c1ccc(C(F)(F)F)nc1)c1cccc(F)c1Cl. The normalized spacial score (nSPS) is 12.5. The molecule has 1 unspecified atom stereocenters. The number of alkyl halides is 3. The largest absolute Gasteiger partial charge is 0.433 e. The second-order valence-corrected chi connectivity index (χ2v) is 6.77. The number of hydrogen-bond donors (Lipinski definition) is 1. The van der Waals surface area contributed by atoms with E-state index in [1.807, 2.05) is 0 Å². The van der Waals surface area contributed by atoms with Crippen LogP contribution in [0.4, 0.5) is 22.0 Å². The summed E-state index contributed by atoms with van der Waals surface area (Å²) in [5, 5.41) is 2.25. The van der Waals surface area contributed by atoms with Crippen molar-refractivity contribution in [1.82, 2.24) is 10.3 Å². The van der Waals surface area contributed by atoms with Gasteiger partial charge in [-0.3, -0.25) is 9.78 Å². The lowest BCUT2D eigenvalue weighted by molar-refractivity contribution is -0.141. The van der Waals surface area contributed by atoms with E-state index in [1.165, 1.54) is 42.5 Å². The van der Waals surface area contributed by atoms with Gasteiger partial charge in [0.2, 0.25) is 0 Å². The Bertz CT molecular complexity index is 1040. The molecule has 1 atom stereocenters. The van der Waals surface area contributed by atoms with Crippen molar-refractivity contribution in [2.75, 3.05) is 6.54 Å². The van der Waals surface area contributed by atoms with Gasteiger partial charge in [-0.25, -0.2) is 8.78 Å². The number of pyridine rings is 1. The van der Waals surface area contributed by atoms with Gasteiger partial charge in [-0.2, -0.15) is 13.2 Å². The maximum absolute atomic E-state index is 13.6. The van der Waals surface area contributed by atoms with Crippen LogP contribution in [-0.2, 0) is 6.18 Å². The topological polar surface area (TPSA) is 42.0 Å². The summed E-state index contributed by atoms with van der Waals surface area (Å²) in [6, 6.07) is 11.2. The number of halogens is 6. The molecule has 0 saturated carbocycles. The molecule has 1 heterocycles. The second kappa shape index (κ2) is 8.79. The fourth-order valence-corrected chi connectivity index (χ4v) is 3.08. The highest BCUT2D eigenvalue weighted by molar-refractivity contribution is 6.34. The van der Waals surface area contributed by atoms with Crippen LogP contribution in [0.1, 0.15) is 33.1 Å². The Morgan fingerprint density at radius 2 is 1.67 bits per heavy atom. The number of carbonyl (C=O) groups is 1. The Balaban J connectivity index is 1.87. The van der Waals surface area contributed by atoms with Crippen molar-refractivity contribution in [3.63, 3.8) is 0 Å². The van der Waals surface area contributed by atoms with Crippen LogP contribution in [-0.4, -0.2) is 17.4 Å². The minimum absolute atomic E-state index is 0.0651. The molecule has 0 aliphatic rings. The molecule has 1 amide bonds. The van der Waals surface area contributed by atoms with Gasteiger partial charge >= 0.3 is 6.18 Å². The highest BCUT2D eigenvalue weighted by Gasteiger charge is 2.32. The van der Waals surface area contributed by atoms with Crippen LogP contribution in [0.15, 0.2) is 60.8 Å². The van der Waals surface area contributed by atoms with Crippen LogP contribution in [0.5, 0.6) is 0 Å². The van der Waals surface area contributed by atoms with Crippen LogP contribution in [0.25, 0.3) is 0 Å². The molecule has 0 aliphatic heterocycles. The van der Waals surface area contributed by atoms with E-state index in [0.717, 1.165) is 18.3 Å². The summed E-state index contributed by atoms with van der Waals surface area (Å²) in [4.78, 5) is 15.9. The molecule has 2 aromatic carbocycles. The Morgan fingerprint density at radius 3 is 2.27 bits per heavy atom. The van der Waals surface area contributed by atoms with Crippen molar-refractivity contribution in [1.29, 1.82) is 0 Å². The van der Waals surface area contributed by atoms with Crippen molar-refractivity contribution in [2.24, 2.45) is 0 Å². The van der Waals surface area contributed by atoms with Crippen LogP contribution < -0.4 is 5.32 Å². The molecule has 30 heavy (non-hydrogen) atoms. The van der Waals surface area contributed by atoms with Gasteiger partial charge in [0.05, 0.1) is 10.6 Å².